The van der Waals surface area contributed by atoms with Crippen LogP contribution in [-0.2, 0) is 16.6 Å². The highest BCUT2D eigenvalue weighted by Gasteiger charge is 2.21. The summed E-state index contributed by atoms with van der Waals surface area (Å²) in [6, 6.07) is -0.110. The van der Waals surface area contributed by atoms with Crippen molar-refractivity contribution in [1.29, 1.82) is 0 Å². The Bertz CT molecular complexity index is 503. The number of hydrogen-bond acceptors (Lipinski definition) is 5. The molecular weight excluding hydrogens is 292 g/mol. The van der Waals surface area contributed by atoms with Crippen LogP contribution in [0.4, 0.5) is 0 Å². The third-order valence-electron chi connectivity index (χ3n) is 2.53. The Hall–Kier alpha value is -0.860. The normalized spacial score (nSPS) is 13.5. The number of aromatic nitrogens is 3. The fourth-order valence-corrected chi connectivity index (χ4v) is 3.27. The summed E-state index contributed by atoms with van der Waals surface area (Å²) in [6.45, 7) is 4.22. The highest BCUT2D eigenvalue weighted by atomic mass is 35.5. The minimum atomic E-state index is -3.37. The van der Waals surface area contributed by atoms with Crippen LogP contribution in [0.3, 0.4) is 0 Å². The molecule has 9 heteroatoms. The molecule has 0 amide bonds. The molecule has 0 saturated carbocycles. The first kappa shape index (κ1) is 16.2. The number of methoxy groups -OCH3 is 1. The molecule has 1 aromatic heterocycles. The van der Waals surface area contributed by atoms with Gasteiger partial charge in [0.2, 0.25) is 10.0 Å². The van der Waals surface area contributed by atoms with Crippen molar-refractivity contribution in [2.75, 3.05) is 18.7 Å². The first-order valence-electron chi connectivity index (χ1n) is 5.98. The Kier molecular flexibility index (Phi) is 6.02. The van der Waals surface area contributed by atoms with Gasteiger partial charge < -0.3 is 4.74 Å². The summed E-state index contributed by atoms with van der Waals surface area (Å²) in [6.07, 6.45) is 0.410. The zero-order valence-corrected chi connectivity index (χ0v) is 12.8. The van der Waals surface area contributed by atoms with Crippen LogP contribution in [0, 0.1) is 0 Å². The average Bonchev–Trinajstić information content (AvgIpc) is 2.78. The van der Waals surface area contributed by atoms with Crippen LogP contribution >= 0.6 is 11.6 Å². The fourth-order valence-electron chi connectivity index (χ4n) is 1.69. The average molecular weight is 311 g/mol. The second-order valence-corrected chi connectivity index (χ2v) is 6.24. The zero-order chi connectivity index (χ0) is 14.5. The van der Waals surface area contributed by atoms with Gasteiger partial charge in [-0.3, -0.25) is 4.57 Å². The highest BCUT2D eigenvalue weighted by molar-refractivity contribution is 7.89. The molecule has 0 radical (unpaired) electrons. The number of sulfonamides is 1. The van der Waals surface area contributed by atoms with E-state index in [0.29, 0.717) is 30.7 Å². The van der Waals surface area contributed by atoms with Gasteiger partial charge in [0, 0.05) is 12.4 Å². The Balaban J connectivity index is 2.83. The monoisotopic (exact) mass is 310 g/mol. The van der Waals surface area contributed by atoms with Crippen LogP contribution < -0.4 is 9.46 Å². The number of nitrogens with zero attached hydrogens (tertiary/aromatic N) is 3. The van der Waals surface area contributed by atoms with E-state index in [1.165, 1.54) is 7.11 Å². The van der Waals surface area contributed by atoms with Crippen LogP contribution in [0.5, 0.6) is 6.01 Å². The maximum Gasteiger partial charge on any atom is 0.316 e. The summed E-state index contributed by atoms with van der Waals surface area (Å²) in [4.78, 5) is 0. The van der Waals surface area contributed by atoms with E-state index in [1.807, 2.05) is 6.92 Å². The molecule has 1 N–H and O–H groups in total. The van der Waals surface area contributed by atoms with E-state index >= 15 is 0 Å². The molecule has 0 fully saturated rings. The lowest BCUT2D eigenvalue weighted by Crippen LogP contribution is -2.31. The third-order valence-corrected chi connectivity index (χ3v) is 4.34. The predicted molar refractivity (Wildman–Crippen MR) is 72.9 cm³/mol. The summed E-state index contributed by atoms with van der Waals surface area (Å²) in [7, 11) is -1.87. The fraction of sp³-hybridized carbons (Fsp3) is 0.800. The molecule has 0 aliphatic rings. The van der Waals surface area contributed by atoms with Crippen LogP contribution in [0.15, 0.2) is 0 Å². The van der Waals surface area contributed by atoms with E-state index in [1.54, 1.807) is 11.5 Å². The van der Waals surface area contributed by atoms with Crippen molar-refractivity contribution >= 4 is 21.6 Å². The van der Waals surface area contributed by atoms with E-state index in [0.717, 1.165) is 0 Å². The zero-order valence-electron chi connectivity index (χ0n) is 11.3. The molecule has 110 valence electrons. The Morgan fingerprint density at radius 3 is 2.68 bits per heavy atom. The highest BCUT2D eigenvalue weighted by Crippen LogP contribution is 2.17. The SMILES string of the molecule is CCn1c(OC)nnc1[C@@H](C)NS(=O)(=O)CCCCl. The van der Waals surface area contributed by atoms with E-state index < -0.39 is 16.1 Å². The van der Waals surface area contributed by atoms with E-state index in [9.17, 15) is 8.42 Å². The van der Waals surface area contributed by atoms with Crippen molar-refractivity contribution in [3.05, 3.63) is 5.82 Å². The molecule has 0 aliphatic heterocycles. The van der Waals surface area contributed by atoms with Gasteiger partial charge >= 0.3 is 6.01 Å². The molecule has 1 aromatic rings. The smallest absolute Gasteiger partial charge is 0.316 e. The van der Waals surface area contributed by atoms with Gasteiger partial charge in [-0.1, -0.05) is 5.10 Å². The lowest BCUT2D eigenvalue weighted by Gasteiger charge is -2.14. The molecule has 0 aliphatic carbocycles. The Morgan fingerprint density at radius 1 is 1.47 bits per heavy atom. The van der Waals surface area contributed by atoms with Gasteiger partial charge in [-0.25, -0.2) is 13.1 Å². The van der Waals surface area contributed by atoms with Gasteiger partial charge in [0.05, 0.1) is 18.9 Å². The van der Waals surface area contributed by atoms with Crippen molar-refractivity contribution < 1.29 is 13.2 Å². The molecular formula is C10H19ClN4O3S. The largest absolute Gasteiger partial charge is 0.467 e. The number of hydrogen-bond donors (Lipinski definition) is 1. The quantitative estimate of drug-likeness (QED) is 0.721. The van der Waals surface area contributed by atoms with Crippen molar-refractivity contribution in [2.45, 2.75) is 32.9 Å². The lowest BCUT2D eigenvalue weighted by molar-refractivity contribution is 0.354. The molecule has 0 saturated heterocycles. The van der Waals surface area contributed by atoms with Crippen LogP contribution in [0.2, 0.25) is 0 Å². The van der Waals surface area contributed by atoms with Crippen LogP contribution in [0.1, 0.15) is 32.1 Å². The second kappa shape index (κ2) is 7.06. The first-order chi connectivity index (χ1) is 8.95. The first-order valence-corrected chi connectivity index (χ1v) is 8.17. The summed E-state index contributed by atoms with van der Waals surface area (Å²) in [5.74, 6) is 0.834. The summed E-state index contributed by atoms with van der Waals surface area (Å²) in [5, 5.41) is 7.81. The standard InChI is InChI=1S/C10H19ClN4O3S/c1-4-15-9(12-13-10(15)18-3)8(2)14-19(16,17)7-5-6-11/h8,14H,4-7H2,1-3H3/t8-/m1/s1. The molecule has 1 heterocycles. The van der Waals surface area contributed by atoms with Crippen molar-refractivity contribution in [3.8, 4) is 6.01 Å². The molecule has 7 nitrogen and oxygen atoms in total. The maximum atomic E-state index is 11.8. The third kappa shape index (κ3) is 4.32. The summed E-state index contributed by atoms with van der Waals surface area (Å²) >= 11 is 5.50. The van der Waals surface area contributed by atoms with Crippen molar-refractivity contribution in [1.82, 2.24) is 19.5 Å². The minimum absolute atomic E-state index is 0.00175. The van der Waals surface area contributed by atoms with Crippen molar-refractivity contribution in [2.24, 2.45) is 0 Å². The Morgan fingerprint density at radius 2 is 2.16 bits per heavy atom. The molecule has 0 bridgehead atoms. The minimum Gasteiger partial charge on any atom is -0.467 e. The number of ether oxygens (including phenoxy) is 1. The van der Waals surface area contributed by atoms with E-state index in [2.05, 4.69) is 14.9 Å². The summed E-state index contributed by atoms with van der Waals surface area (Å²) < 4.78 is 32.9. The number of halogens is 1. The van der Waals surface area contributed by atoms with E-state index in [-0.39, 0.29) is 5.75 Å². The summed E-state index contributed by atoms with van der Waals surface area (Å²) in [5.41, 5.74) is 0. The maximum absolute atomic E-state index is 11.8. The van der Waals surface area contributed by atoms with Crippen molar-refractivity contribution in [3.63, 3.8) is 0 Å². The molecule has 1 rings (SSSR count). The molecule has 0 spiro atoms. The van der Waals surface area contributed by atoms with Crippen LogP contribution in [-0.4, -0.2) is 41.9 Å². The van der Waals surface area contributed by atoms with Gasteiger partial charge in [-0.15, -0.1) is 16.7 Å². The molecule has 0 aromatic carbocycles. The van der Waals surface area contributed by atoms with Gasteiger partial charge in [-0.2, -0.15) is 0 Å². The lowest BCUT2D eigenvalue weighted by atomic mass is 10.3. The number of rotatable bonds is 8. The topological polar surface area (TPSA) is 86.1 Å². The second-order valence-electron chi connectivity index (χ2n) is 3.99. The molecule has 1 atom stereocenters. The van der Waals surface area contributed by atoms with Gasteiger partial charge in [0.15, 0.2) is 5.82 Å². The molecule has 19 heavy (non-hydrogen) atoms. The number of nitrogens with one attached hydrogen (secondary N) is 1. The van der Waals surface area contributed by atoms with Crippen LogP contribution in [0.25, 0.3) is 0 Å². The van der Waals surface area contributed by atoms with Gasteiger partial charge in [0.25, 0.3) is 0 Å². The van der Waals surface area contributed by atoms with Gasteiger partial charge in [-0.05, 0) is 20.3 Å². The number of alkyl halides is 1. The predicted octanol–water partition coefficient (Wildman–Crippen LogP) is 0.916. The molecule has 0 unspecified atom stereocenters. The Labute approximate surface area is 118 Å². The van der Waals surface area contributed by atoms with E-state index in [4.69, 9.17) is 16.3 Å². The van der Waals surface area contributed by atoms with Gasteiger partial charge in [0.1, 0.15) is 0 Å².